The van der Waals surface area contributed by atoms with Crippen LogP contribution >= 0.6 is 15.9 Å². The summed E-state index contributed by atoms with van der Waals surface area (Å²) in [7, 11) is 0. The normalized spacial score (nSPS) is 10.7. The lowest BCUT2D eigenvalue weighted by atomic mass is 10.2. The van der Waals surface area contributed by atoms with Gasteiger partial charge < -0.3 is 9.88 Å². The van der Waals surface area contributed by atoms with Crippen LogP contribution in [-0.2, 0) is 19.6 Å². The van der Waals surface area contributed by atoms with Crippen LogP contribution in [0, 0.1) is 0 Å². The number of hydrogen-bond donors (Lipinski definition) is 1. The van der Waals surface area contributed by atoms with E-state index in [2.05, 4.69) is 75.5 Å². The van der Waals surface area contributed by atoms with E-state index >= 15 is 0 Å². The van der Waals surface area contributed by atoms with E-state index in [-0.39, 0.29) is 0 Å². The molecule has 0 aliphatic carbocycles. The zero-order valence-corrected chi connectivity index (χ0v) is 11.6. The molecule has 0 bridgehead atoms. The van der Waals surface area contributed by atoms with Crippen molar-refractivity contribution >= 4 is 15.9 Å². The molecule has 0 amide bonds. The van der Waals surface area contributed by atoms with Gasteiger partial charge in [0.2, 0.25) is 0 Å². The summed E-state index contributed by atoms with van der Waals surface area (Å²) in [6, 6.07) is 10.6. The molecular formula is C14H17BrN2. The number of aromatic nitrogens is 1. The second kappa shape index (κ2) is 6.03. The first kappa shape index (κ1) is 12.4. The largest absolute Gasteiger partial charge is 0.354 e. The van der Waals surface area contributed by atoms with Crippen molar-refractivity contribution in [1.29, 1.82) is 0 Å². The van der Waals surface area contributed by atoms with Crippen LogP contribution in [0.1, 0.15) is 18.1 Å². The van der Waals surface area contributed by atoms with Gasteiger partial charge in [0.1, 0.15) is 0 Å². The summed E-state index contributed by atoms with van der Waals surface area (Å²) >= 11 is 3.44. The van der Waals surface area contributed by atoms with Crippen LogP contribution in [0.3, 0.4) is 0 Å². The highest BCUT2D eigenvalue weighted by Gasteiger charge is 1.96. The van der Waals surface area contributed by atoms with Crippen molar-refractivity contribution in [2.24, 2.45) is 0 Å². The van der Waals surface area contributed by atoms with Gasteiger partial charge in [-0.15, -0.1) is 0 Å². The topological polar surface area (TPSA) is 17.0 Å². The number of hydrogen-bond acceptors (Lipinski definition) is 1. The molecule has 1 aromatic carbocycles. The maximum Gasteiger partial charge on any atom is 0.0223 e. The number of aryl methyl sites for hydroxylation is 1. The lowest BCUT2D eigenvalue weighted by molar-refractivity contribution is 0.688. The van der Waals surface area contributed by atoms with E-state index in [4.69, 9.17) is 0 Å². The van der Waals surface area contributed by atoms with E-state index in [1.165, 1.54) is 11.1 Å². The zero-order chi connectivity index (χ0) is 12.1. The first-order chi connectivity index (χ1) is 8.28. The molecule has 2 aromatic rings. The molecule has 0 unspecified atom stereocenters. The fourth-order valence-corrected chi connectivity index (χ4v) is 2.01. The molecule has 0 atom stereocenters. The molecule has 0 spiro atoms. The summed E-state index contributed by atoms with van der Waals surface area (Å²) in [6.45, 7) is 5.01. The minimum atomic E-state index is 0.907. The molecule has 0 aliphatic rings. The van der Waals surface area contributed by atoms with Crippen LogP contribution in [0.25, 0.3) is 0 Å². The van der Waals surface area contributed by atoms with E-state index in [1.807, 2.05) is 0 Å². The third-order valence-electron chi connectivity index (χ3n) is 2.75. The Morgan fingerprint density at radius 1 is 1.06 bits per heavy atom. The van der Waals surface area contributed by atoms with Crippen molar-refractivity contribution in [2.45, 2.75) is 26.6 Å². The third-order valence-corrected chi connectivity index (χ3v) is 3.28. The second-order valence-corrected chi connectivity index (χ2v) is 5.00. The Bertz CT molecular complexity index is 459. The number of halogens is 1. The van der Waals surface area contributed by atoms with Crippen molar-refractivity contribution in [3.8, 4) is 0 Å². The highest BCUT2D eigenvalue weighted by molar-refractivity contribution is 9.10. The lowest BCUT2D eigenvalue weighted by Gasteiger charge is -2.03. The first-order valence-corrected chi connectivity index (χ1v) is 6.67. The van der Waals surface area contributed by atoms with Gasteiger partial charge in [0.05, 0.1) is 0 Å². The quantitative estimate of drug-likeness (QED) is 0.892. The fourth-order valence-electron chi connectivity index (χ4n) is 1.75. The Balaban J connectivity index is 1.81. The van der Waals surface area contributed by atoms with E-state index in [9.17, 15) is 0 Å². The molecule has 1 heterocycles. The summed E-state index contributed by atoms with van der Waals surface area (Å²) in [4.78, 5) is 0. The summed E-state index contributed by atoms with van der Waals surface area (Å²) in [5.41, 5.74) is 2.65. The van der Waals surface area contributed by atoms with Gasteiger partial charge in [-0.2, -0.15) is 0 Å². The number of nitrogens with zero attached hydrogens (tertiary/aromatic N) is 1. The van der Waals surface area contributed by atoms with Gasteiger partial charge in [0.25, 0.3) is 0 Å². The van der Waals surface area contributed by atoms with Crippen LogP contribution in [0.5, 0.6) is 0 Å². The Kier molecular flexibility index (Phi) is 4.40. The van der Waals surface area contributed by atoms with Crippen molar-refractivity contribution in [2.75, 3.05) is 0 Å². The molecule has 0 aliphatic heterocycles. The Morgan fingerprint density at radius 3 is 2.41 bits per heavy atom. The minimum absolute atomic E-state index is 0.907. The standard InChI is InChI=1S/C14H17BrN2/c1-2-17-8-7-13(11-17)10-16-9-12-3-5-14(15)6-4-12/h3-8,11,16H,2,9-10H2,1H3. The van der Waals surface area contributed by atoms with Gasteiger partial charge in [-0.05, 0) is 36.2 Å². The van der Waals surface area contributed by atoms with Gasteiger partial charge >= 0.3 is 0 Å². The Hall–Kier alpha value is -1.06. The van der Waals surface area contributed by atoms with Crippen LogP contribution < -0.4 is 5.32 Å². The van der Waals surface area contributed by atoms with Gasteiger partial charge in [0, 0.05) is 36.5 Å². The van der Waals surface area contributed by atoms with Crippen LogP contribution in [-0.4, -0.2) is 4.57 Å². The highest BCUT2D eigenvalue weighted by atomic mass is 79.9. The molecule has 0 saturated heterocycles. The van der Waals surface area contributed by atoms with E-state index in [0.29, 0.717) is 0 Å². The molecule has 0 radical (unpaired) electrons. The SMILES string of the molecule is CCn1ccc(CNCc2ccc(Br)cc2)c1. The Labute approximate surface area is 111 Å². The molecule has 1 N–H and O–H groups in total. The zero-order valence-electron chi connectivity index (χ0n) is 9.99. The van der Waals surface area contributed by atoms with Crippen molar-refractivity contribution in [3.63, 3.8) is 0 Å². The lowest BCUT2D eigenvalue weighted by Crippen LogP contribution is -2.12. The first-order valence-electron chi connectivity index (χ1n) is 5.87. The molecule has 3 heteroatoms. The van der Waals surface area contributed by atoms with Gasteiger partial charge in [-0.25, -0.2) is 0 Å². The van der Waals surface area contributed by atoms with E-state index < -0.39 is 0 Å². The van der Waals surface area contributed by atoms with Gasteiger partial charge in [0.15, 0.2) is 0 Å². The van der Waals surface area contributed by atoms with Crippen molar-refractivity contribution in [1.82, 2.24) is 9.88 Å². The van der Waals surface area contributed by atoms with Crippen molar-refractivity contribution < 1.29 is 0 Å². The minimum Gasteiger partial charge on any atom is -0.354 e. The molecule has 0 saturated carbocycles. The maximum absolute atomic E-state index is 3.45. The number of benzene rings is 1. The van der Waals surface area contributed by atoms with Crippen LogP contribution in [0.15, 0.2) is 47.2 Å². The van der Waals surface area contributed by atoms with E-state index in [0.717, 1.165) is 24.1 Å². The second-order valence-electron chi connectivity index (χ2n) is 4.08. The third kappa shape index (κ3) is 3.72. The molecule has 2 nitrogen and oxygen atoms in total. The average molecular weight is 293 g/mol. The molecule has 2 rings (SSSR count). The summed E-state index contributed by atoms with van der Waals surface area (Å²) in [6.07, 6.45) is 4.31. The molecule has 1 aromatic heterocycles. The summed E-state index contributed by atoms with van der Waals surface area (Å²) < 4.78 is 3.32. The summed E-state index contributed by atoms with van der Waals surface area (Å²) in [5.74, 6) is 0. The smallest absolute Gasteiger partial charge is 0.0223 e. The molecule has 0 fully saturated rings. The predicted molar refractivity (Wildman–Crippen MR) is 74.8 cm³/mol. The number of rotatable bonds is 5. The van der Waals surface area contributed by atoms with Gasteiger partial charge in [-0.1, -0.05) is 28.1 Å². The van der Waals surface area contributed by atoms with Crippen LogP contribution in [0.4, 0.5) is 0 Å². The summed E-state index contributed by atoms with van der Waals surface area (Å²) in [5, 5.41) is 3.45. The van der Waals surface area contributed by atoms with Crippen molar-refractivity contribution in [3.05, 3.63) is 58.3 Å². The van der Waals surface area contributed by atoms with Gasteiger partial charge in [-0.3, -0.25) is 0 Å². The number of nitrogens with one attached hydrogen (secondary N) is 1. The monoisotopic (exact) mass is 292 g/mol. The predicted octanol–water partition coefficient (Wildman–Crippen LogP) is 3.56. The fraction of sp³-hybridized carbons (Fsp3) is 0.286. The van der Waals surface area contributed by atoms with E-state index in [1.54, 1.807) is 0 Å². The Morgan fingerprint density at radius 2 is 1.76 bits per heavy atom. The highest BCUT2D eigenvalue weighted by Crippen LogP contribution is 2.10. The molecular weight excluding hydrogens is 276 g/mol. The maximum atomic E-state index is 3.45. The van der Waals surface area contributed by atoms with Crippen LogP contribution in [0.2, 0.25) is 0 Å². The molecule has 90 valence electrons. The molecule has 17 heavy (non-hydrogen) atoms. The average Bonchev–Trinajstić information content (AvgIpc) is 2.80.